The van der Waals surface area contributed by atoms with Crippen LogP contribution in [-0.4, -0.2) is 12.4 Å². The number of aryl methyl sites for hydroxylation is 1. The predicted octanol–water partition coefficient (Wildman–Crippen LogP) is 4.28. The van der Waals surface area contributed by atoms with Crippen molar-refractivity contribution in [1.82, 2.24) is 0 Å². The van der Waals surface area contributed by atoms with Crippen molar-refractivity contribution < 1.29 is 14.3 Å². The maximum atomic E-state index is 12.5. The van der Waals surface area contributed by atoms with Gasteiger partial charge in [-0.15, -0.1) is 0 Å². The Morgan fingerprint density at radius 1 is 1.35 bits per heavy atom. The largest absolute Gasteiger partial charge is 0.479 e. The van der Waals surface area contributed by atoms with Crippen molar-refractivity contribution in [2.45, 2.75) is 6.92 Å². The highest BCUT2D eigenvalue weighted by atomic mass is 79.9. The Balaban J connectivity index is 1.95. The Morgan fingerprint density at radius 3 is 2.91 bits per heavy atom. The van der Waals surface area contributed by atoms with Crippen LogP contribution in [0.5, 0.6) is 11.5 Å². The van der Waals surface area contributed by atoms with Crippen LogP contribution >= 0.6 is 15.9 Å². The molecule has 0 aromatic heterocycles. The van der Waals surface area contributed by atoms with E-state index in [9.17, 15) is 4.79 Å². The second kappa shape index (κ2) is 6.27. The Hall–Kier alpha value is -2.58. The first-order chi connectivity index (χ1) is 11.1. The summed E-state index contributed by atoms with van der Waals surface area (Å²) in [6.07, 6.45) is 1.71. The number of carbonyl (C=O) groups is 1. The van der Waals surface area contributed by atoms with Crippen molar-refractivity contribution in [3.05, 3.63) is 63.3 Å². The van der Waals surface area contributed by atoms with Crippen LogP contribution in [0.25, 0.3) is 6.08 Å². The molecule has 0 amide bonds. The molecule has 0 saturated carbocycles. The fourth-order valence-corrected chi connectivity index (χ4v) is 2.84. The van der Waals surface area contributed by atoms with E-state index < -0.39 is 0 Å². The van der Waals surface area contributed by atoms with E-state index in [0.717, 1.165) is 15.6 Å². The maximum absolute atomic E-state index is 12.5. The van der Waals surface area contributed by atoms with Crippen LogP contribution in [0.4, 0.5) is 0 Å². The molecule has 114 valence electrons. The van der Waals surface area contributed by atoms with Gasteiger partial charge in [0.15, 0.2) is 12.4 Å². The summed E-state index contributed by atoms with van der Waals surface area (Å²) in [5.74, 6) is 1.10. The van der Waals surface area contributed by atoms with Crippen molar-refractivity contribution in [2.75, 3.05) is 6.61 Å². The van der Waals surface area contributed by atoms with Gasteiger partial charge in [-0.25, -0.2) is 0 Å². The highest BCUT2D eigenvalue weighted by molar-refractivity contribution is 9.10. The zero-order chi connectivity index (χ0) is 16.4. The molecule has 2 aromatic carbocycles. The average molecular weight is 370 g/mol. The number of allylic oxidation sites excluding steroid dienone is 1. The number of hydrogen-bond acceptors (Lipinski definition) is 4. The van der Waals surface area contributed by atoms with Crippen molar-refractivity contribution >= 4 is 27.8 Å². The van der Waals surface area contributed by atoms with E-state index in [1.165, 1.54) is 0 Å². The molecule has 0 radical (unpaired) electrons. The topological polar surface area (TPSA) is 59.3 Å². The number of rotatable bonds is 3. The summed E-state index contributed by atoms with van der Waals surface area (Å²) in [4.78, 5) is 12.5. The second-order valence-electron chi connectivity index (χ2n) is 5.05. The van der Waals surface area contributed by atoms with Crippen LogP contribution in [-0.2, 0) is 0 Å². The first-order valence-corrected chi connectivity index (χ1v) is 7.72. The van der Waals surface area contributed by atoms with Crippen LogP contribution in [0, 0.1) is 18.3 Å². The third kappa shape index (κ3) is 3.13. The minimum Gasteiger partial charge on any atom is -0.479 e. The molecule has 0 aliphatic carbocycles. The number of carbonyl (C=O) groups excluding carboxylic acids is 1. The monoisotopic (exact) mass is 369 g/mol. The maximum Gasteiger partial charge on any atom is 0.232 e. The van der Waals surface area contributed by atoms with Crippen LogP contribution < -0.4 is 9.47 Å². The van der Waals surface area contributed by atoms with Crippen molar-refractivity contribution in [3.63, 3.8) is 0 Å². The number of ether oxygens (including phenoxy) is 2. The zero-order valence-corrected chi connectivity index (χ0v) is 13.9. The zero-order valence-electron chi connectivity index (χ0n) is 12.3. The lowest BCUT2D eigenvalue weighted by molar-refractivity contribution is 0.101. The fraction of sp³-hybridized carbons (Fsp3) is 0.111. The van der Waals surface area contributed by atoms with Crippen molar-refractivity contribution in [1.29, 1.82) is 5.26 Å². The molecule has 0 fully saturated rings. The SMILES string of the molecule is Cc1cc(OCC#N)cc2c1C(=O)/C(=C/c1cccc(Br)c1)O2. The summed E-state index contributed by atoms with van der Waals surface area (Å²) in [5.41, 5.74) is 2.17. The molecule has 0 spiro atoms. The van der Waals surface area contributed by atoms with Gasteiger partial charge in [-0.05, 0) is 42.3 Å². The lowest BCUT2D eigenvalue weighted by Crippen LogP contribution is -2.00. The number of ketones is 1. The number of nitrogens with zero attached hydrogens (tertiary/aromatic N) is 1. The van der Waals surface area contributed by atoms with E-state index in [0.29, 0.717) is 17.1 Å². The minimum atomic E-state index is -0.149. The van der Waals surface area contributed by atoms with E-state index >= 15 is 0 Å². The number of Topliss-reactive ketones (excluding diaryl/α,β-unsaturated/α-hetero) is 1. The molecule has 3 rings (SSSR count). The van der Waals surface area contributed by atoms with Crippen LogP contribution in [0.15, 0.2) is 46.6 Å². The van der Waals surface area contributed by atoms with Gasteiger partial charge < -0.3 is 9.47 Å². The molecule has 1 heterocycles. The van der Waals surface area contributed by atoms with Crippen LogP contribution in [0.3, 0.4) is 0 Å². The Kier molecular flexibility index (Phi) is 4.18. The molecule has 0 unspecified atom stereocenters. The number of halogens is 1. The molecule has 5 heteroatoms. The molecule has 0 bridgehead atoms. The molecule has 0 atom stereocenters. The third-order valence-corrected chi connectivity index (χ3v) is 3.89. The highest BCUT2D eigenvalue weighted by Crippen LogP contribution is 2.37. The quantitative estimate of drug-likeness (QED) is 0.757. The van der Waals surface area contributed by atoms with E-state index in [-0.39, 0.29) is 18.1 Å². The van der Waals surface area contributed by atoms with E-state index in [2.05, 4.69) is 15.9 Å². The lowest BCUT2D eigenvalue weighted by Gasteiger charge is -2.06. The Labute approximate surface area is 142 Å². The van der Waals surface area contributed by atoms with Gasteiger partial charge in [0.05, 0.1) is 5.56 Å². The van der Waals surface area contributed by atoms with E-state index in [1.54, 1.807) is 18.2 Å². The molecule has 1 aliphatic rings. The van der Waals surface area contributed by atoms with Gasteiger partial charge in [0.2, 0.25) is 5.78 Å². The van der Waals surface area contributed by atoms with Gasteiger partial charge in [0.1, 0.15) is 17.6 Å². The number of hydrogen-bond donors (Lipinski definition) is 0. The summed E-state index contributed by atoms with van der Waals surface area (Å²) in [5, 5.41) is 8.59. The summed E-state index contributed by atoms with van der Waals surface area (Å²) in [7, 11) is 0. The molecule has 4 nitrogen and oxygen atoms in total. The average Bonchev–Trinajstić information content (AvgIpc) is 2.82. The minimum absolute atomic E-state index is 0.0487. The molecule has 1 aliphatic heterocycles. The van der Waals surface area contributed by atoms with Crippen molar-refractivity contribution in [2.24, 2.45) is 0 Å². The first-order valence-electron chi connectivity index (χ1n) is 6.92. The summed E-state index contributed by atoms with van der Waals surface area (Å²) < 4.78 is 11.9. The van der Waals surface area contributed by atoms with Crippen LogP contribution in [0.2, 0.25) is 0 Å². The number of nitriles is 1. The second-order valence-corrected chi connectivity index (χ2v) is 5.97. The van der Waals surface area contributed by atoms with E-state index in [1.807, 2.05) is 37.3 Å². The molecule has 0 N–H and O–H groups in total. The normalized spacial score (nSPS) is 14.3. The van der Waals surface area contributed by atoms with Gasteiger partial charge in [-0.3, -0.25) is 4.79 Å². The third-order valence-electron chi connectivity index (χ3n) is 3.39. The van der Waals surface area contributed by atoms with E-state index in [4.69, 9.17) is 14.7 Å². The number of fused-ring (bicyclic) bond motifs is 1. The Morgan fingerprint density at radius 2 is 2.17 bits per heavy atom. The summed E-state index contributed by atoms with van der Waals surface area (Å²) in [6, 6.07) is 12.9. The summed E-state index contributed by atoms with van der Waals surface area (Å²) >= 11 is 3.40. The Bertz CT molecular complexity index is 865. The molecule has 0 saturated heterocycles. The molecular weight excluding hydrogens is 358 g/mol. The van der Waals surface area contributed by atoms with Gasteiger partial charge in [-0.1, -0.05) is 28.1 Å². The lowest BCUT2D eigenvalue weighted by atomic mass is 10.0. The summed E-state index contributed by atoms with van der Waals surface area (Å²) in [6.45, 7) is 1.77. The van der Waals surface area contributed by atoms with Gasteiger partial charge in [0.25, 0.3) is 0 Å². The van der Waals surface area contributed by atoms with Gasteiger partial charge in [-0.2, -0.15) is 5.26 Å². The first kappa shape index (κ1) is 15.3. The van der Waals surface area contributed by atoms with Crippen LogP contribution in [0.1, 0.15) is 21.5 Å². The standard InChI is InChI=1S/C18H12BrNO3/c1-11-7-14(22-6-5-20)10-15-17(11)18(21)16(23-15)9-12-3-2-4-13(19)8-12/h2-4,7-10H,6H2,1H3/b16-9-. The molecular formula is C18H12BrNO3. The fourth-order valence-electron chi connectivity index (χ4n) is 2.42. The number of benzene rings is 2. The van der Waals surface area contributed by atoms with Gasteiger partial charge in [0, 0.05) is 10.5 Å². The predicted molar refractivity (Wildman–Crippen MR) is 89.4 cm³/mol. The smallest absolute Gasteiger partial charge is 0.232 e. The van der Waals surface area contributed by atoms with Crippen molar-refractivity contribution in [3.8, 4) is 17.6 Å². The molecule has 2 aromatic rings. The molecule has 23 heavy (non-hydrogen) atoms. The van der Waals surface area contributed by atoms with Gasteiger partial charge >= 0.3 is 0 Å². The highest BCUT2D eigenvalue weighted by Gasteiger charge is 2.29.